The molecule has 16 heteroatoms. The van der Waals surface area contributed by atoms with E-state index in [-0.39, 0.29) is 53.8 Å². The lowest BCUT2D eigenvalue weighted by Gasteiger charge is -2.40. The quantitative estimate of drug-likeness (QED) is 0.134. The highest BCUT2D eigenvalue weighted by atomic mass is 35.5. The van der Waals surface area contributed by atoms with E-state index >= 15 is 4.39 Å². The summed E-state index contributed by atoms with van der Waals surface area (Å²) in [6, 6.07) is 6.82. The molecule has 1 aliphatic rings. The van der Waals surface area contributed by atoms with Gasteiger partial charge in [0.15, 0.2) is 0 Å². The van der Waals surface area contributed by atoms with Gasteiger partial charge in [-0.2, -0.15) is 0 Å². The highest BCUT2D eigenvalue weighted by Gasteiger charge is 2.35. The Bertz CT molecular complexity index is 1620. The third-order valence-electron chi connectivity index (χ3n) is 6.95. The molecule has 1 unspecified atom stereocenters. The molecular formula is C28H27ClF4N3O7P. The Hall–Kier alpha value is -3.68. The van der Waals surface area contributed by atoms with Crippen LogP contribution < -0.4 is 15.0 Å². The summed E-state index contributed by atoms with van der Waals surface area (Å²) in [6.45, 7) is 0.438. The van der Waals surface area contributed by atoms with Crippen LogP contribution in [0.3, 0.4) is 0 Å². The van der Waals surface area contributed by atoms with E-state index in [4.69, 9.17) is 26.1 Å². The monoisotopic (exact) mass is 659 g/mol. The fourth-order valence-corrected chi connectivity index (χ4v) is 5.15. The first-order valence-corrected chi connectivity index (χ1v) is 15.0. The van der Waals surface area contributed by atoms with Crippen LogP contribution in [-0.4, -0.2) is 46.9 Å². The van der Waals surface area contributed by atoms with Gasteiger partial charge in [-0.1, -0.05) is 17.7 Å². The van der Waals surface area contributed by atoms with E-state index in [1.807, 2.05) is 0 Å². The highest BCUT2D eigenvalue weighted by molar-refractivity contribution is 7.46. The molecule has 1 atom stereocenters. The van der Waals surface area contributed by atoms with Gasteiger partial charge < -0.3 is 24.7 Å². The van der Waals surface area contributed by atoms with Crippen molar-refractivity contribution >= 4 is 37.0 Å². The molecule has 236 valence electrons. The van der Waals surface area contributed by atoms with Crippen LogP contribution in [0.4, 0.5) is 28.0 Å². The van der Waals surface area contributed by atoms with Gasteiger partial charge in [-0.15, -0.1) is 0 Å². The molecule has 0 radical (unpaired) electrons. The average molecular weight is 660 g/mol. The van der Waals surface area contributed by atoms with Crippen molar-refractivity contribution in [1.29, 1.82) is 0 Å². The fraction of sp³-hybridized carbons (Fsp3) is 0.286. The molecule has 44 heavy (non-hydrogen) atoms. The first-order chi connectivity index (χ1) is 20.7. The SMILES string of the molecule is CC1c2ccc(C(=O)NCc3c(F)cc(F)cc3F)cc2N(Cc2c(F)ccc(OCCCOP(=O)(O)O)c2Cl)C(=O)N1C. The van der Waals surface area contributed by atoms with Gasteiger partial charge in [0.2, 0.25) is 0 Å². The molecule has 0 fully saturated rings. The third kappa shape index (κ3) is 7.51. The Balaban J connectivity index is 1.57. The number of carbonyl (C=O) groups excluding carboxylic acids is 2. The van der Waals surface area contributed by atoms with Gasteiger partial charge in [-0.05, 0) is 36.8 Å². The summed E-state index contributed by atoms with van der Waals surface area (Å²) in [5.41, 5.74) is 0.278. The summed E-state index contributed by atoms with van der Waals surface area (Å²) in [4.78, 5) is 46.5. The van der Waals surface area contributed by atoms with Crippen molar-refractivity contribution < 1.29 is 50.8 Å². The number of anilines is 1. The zero-order chi connectivity index (χ0) is 32.3. The maximum absolute atomic E-state index is 15.0. The second-order valence-electron chi connectivity index (χ2n) is 9.82. The molecule has 3 amide bonds. The largest absolute Gasteiger partial charge is 0.492 e. The molecule has 10 nitrogen and oxygen atoms in total. The number of benzene rings is 3. The van der Waals surface area contributed by atoms with Gasteiger partial charge in [0, 0.05) is 48.8 Å². The number of hydrogen-bond acceptors (Lipinski definition) is 5. The molecular weight excluding hydrogens is 633 g/mol. The van der Waals surface area contributed by atoms with E-state index in [0.29, 0.717) is 17.7 Å². The summed E-state index contributed by atoms with van der Waals surface area (Å²) >= 11 is 6.45. The van der Waals surface area contributed by atoms with Gasteiger partial charge in [-0.25, -0.2) is 26.9 Å². The number of nitrogens with zero attached hydrogens (tertiary/aromatic N) is 2. The molecule has 0 aliphatic carbocycles. The van der Waals surface area contributed by atoms with Gasteiger partial charge >= 0.3 is 13.9 Å². The standard InChI is InChI=1S/C28H27ClF4N3O7P/c1-15-18-5-4-16(27(37)34-13-19-22(32)11-17(30)12-23(19)33)10-24(18)36(28(38)35(15)2)14-20-21(31)6-7-25(26(20)29)42-8-3-9-43-44(39,40)41/h4-7,10-12,15H,3,8-9,13-14H2,1-2H3,(H,34,37)(H2,39,40,41). The van der Waals surface area contributed by atoms with Crippen molar-refractivity contribution in [2.24, 2.45) is 0 Å². The Morgan fingerprint density at radius 3 is 2.36 bits per heavy atom. The van der Waals surface area contributed by atoms with E-state index in [1.165, 1.54) is 28.0 Å². The van der Waals surface area contributed by atoms with Crippen LogP contribution in [0.2, 0.25) is 5.02 Å². The Morgan fingerprint density at radius 2 is 1.70 bits per heavy atom. The number of phosphoric acid groups is 1. The van der Waals surface area contributed by atoms with E-state index in [0.717, 1.165) is 6.07 Å². The number of fused-ring (bicyclic) bond motifs is 1. The van der Waals surface area contributed by atoms with E-state index in [1.54, 1.807) is 20.0 Å². The van der Waals surface area contributed by atoms with Crippen LogP contribution in [0.5, 0.6) is 5.75 Å². The number of hydrogen-bond donors (Lipinski definition) is 3. The third-order valence-corrected chi connectivity index (χ3v) is 7.88. The van der Waals surface area contributed by atoms with Crippen molar-refractivity contribution in [2.75, 3.05) is 25.2 Å². The van der Waals surface area contributed by atoms with Crippen LogP contribution in [0.1, 0.15) is 46.4 Å². The van der Waals surface area contributed by atoms with Crippen molar-refractivity contribution in [3.05, 3.63) is 93.0 Å². The smallest absolute Gasteiger partial charge is 0.469 e. The van der Waals surface area contributed by atoms with Crippen LogP contribution in [-0.2, 0) is 22.2 Å². The van der Waals surface area contributed by atoms with E-state index in [2.05, 4.69) is 9.84 Å². The number of ether oxygens (including phenoxy) is 1. The second kappa shape index (κ2) is 13.5. The molecule has 0 saturated carbocycles. The fourth-order valence-electron chi connectivity index (χ4n) is 4.52. The molecule has 4 rings (SSSR count). The van der Waals surface area contributed by atoms with Gasteiger partial charge in [0.1, 0.15) is 29.0 Å². The van der Waals surface area contributed by atoms with Crippen LogP contribution >= 0.6 is 19.4 Å². The first kappa shape index (κ1) is 33.2. The average Bonchev–Trinajstić information content (AvgIpc) is 2.95. The van der Waals surface area contributed by atoms with Crippen LogP contribution in [0.15, 0.2) is 42.5 Å². The Labute approximate surface area is 254 Å². The molecule has 1 heterocycles. The second-order valence-corrected chi connectivity index (χ2v) is 11.4. The Morgan fingerprint density at radius 1 is 1.02 bits per heavy atom. The molecule has 0 spiro atoms. The maximum Gasteiger partial charge on any atom is 0.469 e. The summed E-state index contributed by atoms with van der Waals surface area (Å²) < 4.78 is 77.1. The van der Waals surface area contributed by atoms with E-state index < -0.39 is 61.2 Å². The highest BCUT2D eigenvalue weighted by Crippen LogP contribution is 2.40. The summed E-state index contributed by atoms with van der Waals surface area (Å²) in [5, 5.41) is 2.23. The molecule has 0 bridgehead atoms. The molecule has 0 aromatic heterocycles. The van der Waals surface area contributed by atoms with Gasteiger partial charge in [-0.3, -0.25) is 14.2 Å². The lowest BCUT2D eigenvalue weighted by Crippen LogP contribution is -2.46. The predicted molar refractivity (Wildman–Crippen MR) is 151 cm³/mol. The van der Waals surface area contributed by atoms with E-state index in [9.17, 15) is 27.3 Å². The van der Waals surface area contributed by atoms with Crippen LogP contribution in [0, 0.1) is 23.3 Å². The molecule has 3 aromatic carbocycles. The zero-order valence-corrected chi connectivity index (χ0v) is 25.0. The maximum atomic E-state index is 15.0. The molecule has 1 aliphatic heterocycles. The number of halogens is 5. The molecule has 0 saturated heterocycles. The summed E-state index contributed by atoms with van der Waals surface area (Å²) in [7, 11) is -3.09. The summed E-state index contributed by atoms with van der Waals surface area (Å²) in [6.07, 6.45) is 0.0834. The topological polar surface area (TPSA) is 129 Å². The van der Waals surface area contributed by atoms with Crippen molar-refractivity contribution in [2.45, 2.75) is 32.5 Å². The molecule has 3 N–H and O–H groups in total. The zero-order valence-electron chi connectivity index (χ0n) is 23.3. The van der Waals surface area contributed by atoms with Gasteiger partial charge in [0.05, 0.1) is 36.5 Å². The number of carbonyl (C=O) groups is 2. The minimum Gasteiger partial charge on any atom is -0.492 e. The van der Waals surface area contributed by atoms with Crippen molar-refractivity contribution in [3.8, 4) is 5.75 Å². The Kier molecular flexibility index (Phi) is 10.2. The van der Waals surface area contributed by atoms with Crippen LogP contribution in [0.25, 0.3) is 0 Å². The number of amides is 3. The molecule has 3 aromatic rings. The number of phosphoric ester groups is 1. The lowest BCUT2D eigenvalue weighted by atomic mass is 9.98. The van der Waals surface area contributed by atoms with Gasteiger partial charge in [0.25, 0.3) is 5.91 Å². The number of nitrogens with one attached hydrogen (secondary N) is 1. The van der Waals surface area contributed by atoms with Crippen molar-refractivity contribution in [3.63, 3.8) is 0 Å². The lowest BCUT2D eigenvalue weighted by molar-refractivity contribution is 0.0950. The minimum absolute atomic E-state index is 0.0300. The number of rotatable bonds is 11. The van der Waals surface area contributed by atoms with Crippen molar-refractivity contribution in [1.82, 2.24) is 10.2 Å². The normalized spacial score (nSPS) is 14.9. The predicted octanol–water partition coefficient (Wildman–Crippen LogP) is 5.84. The first-order valence-electron chi connectivity index (χ1n) is 13.1. The number of urea groups is 1. The summed E-state index contributed by atoms with van der Waals surface area (Å²) in [5.74, 6) is -4.87. The minimum atomic E-state index is -4.64.